The number of nitrogens with zero attached hydrogens (tertiary/aromatic N) is 1. The minimum atomic E-state index is -1.90. The summed E-state index contributed by atoms with van der Waals surface area (Å²) in [5.74, 6) is -0.639. The number of rotatable bonds is 1. The van der Waals surface area contributed by atoms with Crippen molar-refractivity contribution in [3.05, 3.63) is 0 Å². The van der Waals surface area contributed by atoms with Crippen molar-refractivity contribution in [2.75, 3.05) is 26.3 Å². The molecule has 13 heavy (non-hydrogen) atoms. The summed E-state index contributed by atoms with van der Waals surface area (Å²) in [6, 6.07) is 0. The standard InChI is InChI=1S/C6H9Cl3N2O2/c7-6(8,9)5(12)10-11-1-3-13-4-2-11/h1-4H2,(H,10,12). The third-order valence-corrected chi connectivity index (χ3v) is 2.04. The van der Waals surface area contributed by atoms with E-state index >= 15 is 0 Å². The van der Waals surface area contributed by atoms with Gasteiger partial charge in [-0.2, -0.15) is 0 Å². The first kappa shape index (κ1) is 11.3. The summed E-state index contributed by atoms with van der Waals surface area (Å²) >= 11 is 16.1. The quantitative estimate of drug-likeness (QED) is 0.694. The normalized spacial score (nSPS) is 19.9. The van der Waals surface area contributed by atoms with Gasteiger partial charge in [0.1, 0.15) is 0 Å². The predicted molar refractivity (Wildman–Crippen MR) is 50.8 cm³/mol. The molecule has 0 bridgehead atoms. The fourth-order valence-corrected chi connectivity index (χ4v) is 1.01. The average molecular weight is 248 g/mol. The Morgan fingerprint density at radius 2 is 1.85 bits per heavy atom. The van der Waals surface area contributed by atoms with E-state index in [1.165, 1.54) is 0 Å². The monoisotopic (exact) mass is 246 g/mol. The minimum absolute atomic E-state index is 0.570. The van der Waals surface area contributed by atoms with Crippen molar-refractivity contribution in [2.45, 2.75) is 3.79 Å². The molecule has 1 saturated heterocycles. The highest BCUT2D eigenvalue weighted by atomic mass is 35.6. The maximum absolute atomic E-state index is 11.1. The fourth-order valence-electron chi connectivity index (χ4n) is 0.882. The van der Waals surface area contributed by atoms with Gasteiger partial charge in [-0.05, 0) is 0 Å². The Kier molecular flexibility index (Phi) is 4.06. The second kappa shape index (κ2) is 4.66. The van der Waals surface area contributed by atoms with Crippen LogP contribution in [0.2, 0.25) is 0 Å². The van der Waals surface area contributed by atoms with Crippen LogP contribution in [0.1, 0.15) is 0 Å². The van der Waals surface area contributed by atoms with Crippen LogP contribution in [0.25, 0.3) is 0 Å². The van der Waals surface area contributed by atoms with Crippen LogP contribution >= 0.6 is 34.8 Å². The first-order chi connectivity index (χ1) is 6.00. The maximum atomic E-state index is 11.1. The van der Waals surface area contributed by atoms with E-state index in [-0.39, 0.29) is 0 Å². The third-order valence-electron chi connectivity index (χ3n) is 1.53. The van der Waals surface area contributed by atoms with Crippen LogP contribution in [-0.4, -0.2) is 41.0 Å². The van der Waals surface area contributed by atoms with Crippen LogP contribution in [-0.2, 0) is 9.53 Å². The first-order valence-corrected chi connectivity index (χ1v) is 4.84. The third kappa shape index (κ3) is 3.87. The molecule has 0 unspecified atom stereocenters. The van der Waals surface area contributed by atoms with E-state index in [1.807, 2.05) is 0 Å². The van der Waals surface area contributed by atoms with Gasteiger partial charge in [0.25, 0.3) is 9.70 Å². The number of amides is 1. The first-order valence-electron chi connectivity index (χ1n) is 3.70. The van der Waals surface area contributed by atoms with E-state index < -0.39 is 9.70 Å². The molecule has 1 rings (SSSR count). The summed E-state index contributed by atoms with van der Waals surface area (Å²) < 4.78 is 3.17. The number of carbonyl (C=O) groups excluding carboxylic acids is 1. The second-order valence-corrected chi connectivity index (χ2v) is 4.82. The molecule has 0 saturated carbocycles. The van der Waals surface area contributed by atoms with E-state index in [0.717, 1.165) is 0 Å². The van der Waals surface area contributed by atoms with E-state index in [4.69, 9.17) is 39.5 Å². The van der Waals surface area contributed by atoms with Crippen molar-refractivity contribution >= 4 is 40.7 Å². The Morgan fingerprint density at radius 3 is 2.31 bits per heavy atom. The molecule has 0 atom stereocenters. The van der Waals surface area contributed by atoms with Gasteiger partial charge in [0.05, 0.1) is 13.2 Å². The summed E-state index contributed by atoms with van der Waals surface area (Å²) in [7, 11) is 0. The molecule has 1 aliphatic rings. The lowest BCUT2D eigenvalue weighted by atomic mass is 10.5. The average Bonchev–Trinajstić information content (AvgIpc) is 2.04. The Morgan fingerprint density at radius 1 is 1.31 bits per heavy atom. The summed E-state index contributed by atoms with van der Waals surface area (Å²) in [6.45, 7) is 2.35. The molecule has 0 aromatic rings. The molecule has 0 aromatic carbocycles. The largest absolute Gasteiger partial charge is 0.379 e. The molecule has 1 fully saturated rings. The molecule has 1 heterocycles. The topological polar surface area (TPSA) is 41.6 Å². The Balaban J connectivity index is 2.35. The van der Waals surface area contributed by atoms with Crippen molar-refractivity contribution in [3.63, 3.8) is 0 Å². The van der Waals surface area contributed by atoms with Crippen LogP contribution in [0, 0.1) is 0 Å². The van der Waals surface area contributed by atoms with E-state index in [0.29, 0.717) is 26.3 Å². The lowest BCUT2D eigenvalue weighted by Crippen LogP contribution is -2.51. The number of alkyl halides is 3. The van der Waals surface area contributed by atoms with Crippen molar-refractivity contribution in [2.24, 2.45) is 0 Å². The van der Waals surface area contributed by atoms with Crippen LogP contribution in [0.4, 0.5) is 0 Å². The molecule has 76 valence electrons. The highest BCUT2D eigenvalue weighted by Crippen LogP contribution is 2.25. The number of ether oxygens (including phenoxy) is 1. The zero-order valence-corrected chi connectivity index (χ0v) is 8.99. The van der Waals surface area contributed by atoms with Crippen LogP contribution < -0.4 is 5.43 Å². The number of hydrogen-bond donors (Lipinski definition) is 1. The van der Waals surface area contributed by atoms with Crippen LogP contribution in [0.3, 0.4) is 0 Å². The SMILES string of the molecule is O=C(NN1CCOCC1)C(Cl)(Cl)Cl. The van der Waals surface area contributed by atoms with Crippen LogP contribution in [0.15, 0.2) is 0 Å². The Bertz CT molecular complexity index is 189. The number of hydrogen-bond acceptors (Lipinski definition) is 3. The number of halogens is 3. The van der Waals surface area contributed by atoms with E-state index in [2.05, 4.69) is 5.43 Å². The van der Waals surface area contributed by atoms with Gasteiger partial charge < -0.3 is 4.74 Å². The van der Waals surface area contributed by atoms with Gasteiger partial charge in [-0.1, -0.05) is 34.8 Å². The van der Waals surface area contributed by atoms with Crippen molar-refractivity contribution in [1.82, 2.24) is 10.4 Å². The van der Waals surface area contributed by atoms with Crippen molar-refractivity contribution in [1.29, 1.82) is 0 Å². The van der Waals surface area contributed by atoms with Gasteiger partial charge >= 0.3 is 0 Å². The summed E-state index contributed by atoms with van der Waals surface area (Å²) in [5.41, 5.74) is 2.48. The van der Waals surface area contributed by atoms with Gasteiger partial charge in [0.2, 0.25) is 0 Å². The number of morpholine rings is 1. The Hall–Kier alpha value is 0.260. The highest BCUT2D eigenvalue weighted by Gasteiger charge is 2.32. The fraction of sp³-hybridized carbons (Fsp3) is 0.833. The molecule has 1 N–H and O–H groups in total. The molecule has 0 spiro atoms. The van der Waals surface area contributed by atoms with Crippen molar-refractivity contribution in [3.8, 4) is 0 Å². The molecular weight excluding hydrogens is 238 g/mol. The molecule has 0 radical (unpaired) electrons. The molecule has 4 nitrogen and oxygen atoms in total. The zero-order valence-electron chi connectivity index (χ0n) is 6.73. The smallest absolute Gasteiger partial charge is 0.286 e. The van der Waals surface area contributed by atoms with Gasteiger partial charge in [-0.15, -0.1) is 0 Å². The van der Waals surface area contributed by atoms with Crippen LogP contribution in [0.5, 0.6) is 0 Å². The predicted octanol–water partition coefficient (Wildman–Crippen LogP) is 0.720. The molecule has 0 aromatic heterocycles. The lowest BCUT2D eigenvalue weighted by Gasteiger charge is -2.28. The van der Waals surface area contributed by atoms with E-state index in [1.54, 1.807) is 5.01 Å². The van der Waals surface area contributed by atoms with Gasteiger partial charge in [-0.3, -0.25) is 10.2 Å². The van der Waals surface area contributed by atoms with Crippen molar-refractivity contribution < 1.29 is 9.53 Å². The molecule has 1 amide bonds. The zero-order chi connectivity index (χ0) is 9.90. The van der Waals surface area contributed by atoms with E-state index in [9.17, 15) is 4.79 Å². The summed E-state index contributed by atoms with van der Waals surface area (Å²) in [6.07, 6.45) is 0. The molecule has 7 heteroatoms. The minimum Gasteiger partial charge on any atom is -0.379 e. The number of carbonyl (C=O) groups is 1. The van der Waals surface area contributed by atoms with Gasteiger partial charge in [-0.25, -0.2) is 5.01 Å². The van der Waals surface area contributed by atoms with Gasteiger partial charge in [0, 0.05) is 13.1 Å². The highest BCUT2D eigenvalue weighted by molar-refractivity contribution is 6.76. The lowest BCUT2D eigenvalue weighted by molar-refractivity contribution is -0.127. The molecule has 0 aliphatic carbocycles. The van der Waals surface area contributed by atoms with Gasteiger partial charge in [0.15, 0.2) is 0 Å². The maximum Gasteiger partial charge on any atom is 0.286 e. The summed E-state index contributed by atoms with van der Waals surface area (Å²) in [4.78, 5) is 11.1. The summed E-state index contributed by atoms with van der Waals surface area (Å²) in [5, 5.41) is 1.66. The molecule has 1 aliphatic heterocycles. The second-order valence-electron chi connectivity index (χ2n) is 2.54. The Labute approximate surface area is 91.0 Å². The number of nitrogens with one attached hydrogen (secondary N) is 1. The molecular formula is C6H9Cl3N2O2. The number of hydrazine groups is 1.